The van der Waals surface area contributed by atoms with E-state index in [4.69, 9.17) is 14.2 Å². The summed E-state index contributed by atoms with van der Waals surface area (Å²) in [5.74, 6) is -0.876. The predicted molar refractivity (Wildman–Crippen MR) is 288 cm³/mol. The normalized spacial score (nSPS) is 12.5. The molecule has 0 aliphatic rings. The van der Waals surface area contributed by atoms with E-state index in [-0.39, 0.29) is 31.1 Å². The van der Waals surface area contributed by atoms with Crippen molar-refractivity contribution in [3.05, 3.63) is 60.8 Å². The molecule has 0 aromatic carbocycles. The number of carbonyl (C=O) groups excluding carboxylic acids is 3. The van der Waals surface area contributed by atoms with Crippen molar-refractivity contribution < 1.29 is 28.6 Å². The molecule has 388 valence electrons. The fourth-order valence-electron chi connectivity index (χ4n) is 8.19. The zero-order valence-electron chi connectivity index (χ0n) is 44.4. The Hall–Kier alpha value is -2.89. The van der Waals surface area contributed by atoms with E-state index in [1.807, 2.05) is 0 Å². The number of allylic oxidation sites excluding steroid dienone is 10. The number of ether oxygens (including phenoxy) is 3. The zero-order valence-corrected chi connectivity index (χ0v) is 44.4. The molecule has 0 amide bonds. The monoisotopic (exact) mass is 937 g/mol. The van der Waals surface area contributed by atoms with Gasteiger partial charge in [0.15, 0.2) is 6.10 Å². The van der Waals surface area contributed by atoms with Gasteiger partial charge in [0.25, 0.3) is 0 Å². The van der Waals surface area contributed by atoms with Crippen molar-refractivity contribution in [2.75, 3.05) is 13.2 Å². The second-order valence-electron chi connectivity index (χ2n) is 19.2. The van der Waals surface area contributed by atoms with E-state index in [1.165, 1.54) is 154 Å². The number of rotatable bonds is 52. The summed E-state index contributed by atoms with van der Waals surface area (Å²) in [5, 5.41) is 0. The Morgan fingerprint density at radius 2 is 0.582 bits per heavy atom. The number of hydrogen-bond donors (Lipinski definition) is 0. The second kappa shape index (κ2) is 55.7. The van der Waals surface area contributed by atoms with E-state index in [9.17, 15) is 14.4 Å². The van der Waals surface area contributed by atoms with E-state index in [0.29, 0.717) is 19.3 Å². The van der Waals surface area contributed by atoms with Crippen LogP contribution in [0, 0.1) is 0 Å². The molecule has 6 nitrogen and oxygen atoms in total. The van der Waals surface area contributed by atoms with Crippen molar-refractivity contribution in [1.82, 2.24) is 0 Å². The molecule has 0 saturated carbocycles. The van der Waals surface area contributed by atoms with Crippen molar-refractivity contribution in [3.63, 3.8) is 0 Å². The Morgan fingerprint density at radius 3 is 0.955 bits per heavy atom. The highest BCUT2D eigenvalue weighted by Crippen LogP contribution is 2.16. The van der Waals surface area contributed by atoms with E-state index < -0.39 is 6.10 Å². The fraction of sp³-hybridized carbons (Fsp3) is 0.787. The van der Waals surface area contributed by atoms with Gasteiger partial charge in [-0.25, -0.2) is 0 Å². The summed E-state index contributed by atoms with van der Waals surface area (Å²) in [6, 6.07) is 0. The molecule has 0 radical (unpaired) electrons. The molecule has 0 aliphatic heterocycles. The summed E-state index contributed by atoms with van der Waals surface area (Å²) < 4.78 is 16.8. The quantitative estimate of drug-likeness (QED) is 0.0262. The average Bonchev–Trinajstić information content (AvgIpc) is 3.33. The van der Waals surface area contributed by atoms with E-state index in [2.05, 4.69) is 81.5 Å². The van der Waals surface area contributed by atoms with Crippen LogP contribution < -0.4 is 0 Å². The van der Waals surface area contributed by atoms with Crippen LogP contribution in [0.2, 0.25) is 0 Å². The maximum Gasteiger partial charge on any atom is 0.306 e. The largest absolute Gasteiger partial charge is 0.462 e. The van der Waals surface area contributed by atoms with Gasteiger partial charge in [0.1, 0.15) is 13.2 Å². The van der Waals surface area contributed by atoms with Crippen molar-refractivity contribution in [2.45, 2.75) is 297 Å². The summed E-state index contributed by atoms with van der Waals surface area (Å²) in [4.78, 5) is 38.0. The van der Waals surface area contributed by atoms with Gasteiger partial charge in [0.2, 0.25) is 0 Å². The third kappa shape index (κ3) is 53.9. The van der Waals surface area contributed by atoms with Crippen LogP contribution in [0.4, 0.5) is 0 Å². The average molecular weight is 938 g/mol. The first-order valence-corrected chi connectivity index (χ1v) is 28.8. The number of esters is 3. The molecular formula is C61H108O6. The lowest BCUT2D eigenvalue weighted by atomic mass is 10.0. The van der Waals surface area contributed by atoms with Gasteiger partial charge in [0, 0.05) is 19.3 Å². The van der Waals surface area contributed by atoms with Gasteiger partial charge >= 0.3 is 17.9 Å². The minimum atomic E-state index is -0.774. The van der Waals surface area contributed by atoms with Crippen molar-refractivity contribution in [3.8, 4) is 0 Å². The molecular weight excluding hydrogens is 829 g/mol. The van der Waals surface area contributed by atoms with Gasteiger partial charge in [-0.3, -0.25) is 14.4 Å². The molecule has 1 unspecified atom stereocenters. The predicted octanol–water partition coefficient (Wildman–Crippen LogP) is 19.2. The molecule has 67 heavy (non-hydrogen) atoms. The first-order valence-electron chi connectivity index (χ1n) is 28.8. The van der Waals surface area contributed by atoms with Crippen LogP contribution in [0.5, 0.6) is 0 Å². The molecule has 6 heteroatoms. The summed E-state index contributed by atoms with van der Waals surface area (Å²) in [7, 11) is 0. The van der Waals surface area contributed by atoms with Crippen LogP contribution >= 0.6 is 0 Å². The SMILES string of the molecule is CC/C=C\C/C=C\C/C=C\C/C=C\CCCCCCCCCCCCCCCCC(=O)OCC(COC(=O)CCCCCCCCCCCC)OC(=O)CCCCCCC/C=C\CCCCC. The highest BCUT2D eigenvalue weighted by atomic mass is 16.6. The minimum absolute atomic E-state index is 0.0741. The lowest BCUT2D eigenvalue weighted by Crippen LogP contribution is -2.30. The summed E-state index contributed by atoms with van der Waals surface area (Å²) in [6.45, 7) is 6.50. The Balaban J connectivity index is 4.14. The van der Waals surface area contributed by atoms with Crippen LogP contribution in [0.3, 0.4) is 0 Å². The minimum Gasteiger partial charge on any atom is -0.462 e. The number of unbranched alkanes of at least 4 members (excludes halogenated alkanes) is 31. The van der Waals surface area contributed by atoms with E-state index >= 15 is 0 Å². The molecule has 0 N–H and O–H groups in total. The van der Waals surface area contributed by atoms with Gasteiger partial charge < -0.3 is 14.2 Å². The molecule has 0 heterocycles. The lowest BCUT2D eigenvalue weighted by Gasteiger charge is -2.18. The highest BCUT2D eigenvalue weighted by Gasteiger charge is 2.19. The summed E-state index contributed by atoms with van der Waals surface area (Å²) >= 11 is 0. The summed E-state index contributed by atoms with van der Waals surface area (Å²) in [6.07, 6.45) is 69.4. The van der Waals surface area contributed by atoms with Crippen LogP contribution in [0.25, 0.3) is 0 Å². The second-order valence-corrected chi connectivity index (χ2v) is 19.2. The van der Waals surface area contributed by atoms with E-state index in [1.54, 1.807) is 0 Å². The Labute approximate surface area is 415 Å². The first-order chi connectivity index (χ1) is 33.0. The third-order valence-corrected chi connectivity index (χ3v) is 12.5. The lowest BCUT2D eigenvalue weighted by molar-refractivity contribution is -0.167. The van der Waals surface area contributed by atoms with Crippen molar-refractivity contribution in [2.24, 2.45) is 0 Å². The zero-order chi connectivity index (χ0) is 48.6. The molecule has 0 rings (SSSR count). The molecule has 1 atom stereocenters. The first kappa shape index (κ1) is 64.1. The van der Waals surface area contributed by atoms with Gasteiger partial charge in [-0.1, -0.05) is 248 Å². The maximum atomic E-state index is 12.8. The van der Waals surface area contributed by atoms with Gasteiger partial charge in [0.05, 0.1) is 0 Å². The van der Waals surface area contributed by atoms with Gasteiger partial charge in [-0.15, -0.1) is 0 Å². The van der Waals surface area contributed by atoms with Crippen molar-refractivity contribution >= 4 is 17.9 Å². The fourth-order valence-corrected chi connectivity index (χ4v) is 8.19. The van der Waals surface area contributed by atoms with E-state index in [0.717, 1.165) is 96.3 Å². The molecule has 0 saturated heterocycles. The van der Waals surface area contributed by atoms with Crippen LogP contribution in [-0.4, -0.2) is 37.2 Å². The van der Waals surface area contributed by atoms with Gasteiger partial charge in [-0.2, -0.15) is 0 Å². The maximum absolute atomic E-state index is 12.8. The molecule has 0 fully saturated rings. The third-order valence-electron chi connectivity index (χ3n) is 12.5. The Bertz CT molecular complexity index is 1210. The molecule has 0 aromatic rings. The van der Waals surface area contributed by atoms with Crippen molar-refractivity contribution in [1.29, 1.82) is 0 Å². The molecule has 0 bridgehead atoms. The number of carbonyl (C=O) groups is 3. The van der Waals surface area contributed by atoms with Gasteiger partial charge in [-0.05, 0) is 83.5 Å². The Morgan fingerprint density at radius 1 is 0.313 bits per heavy atom. The standard InChI is InChI=1S/C61H108O6/c1-4-7-10-13-16-19-22-24-25-26-27-28-29-30-31-32-33-34-35-36-37-38-40-42-45-48-51-54-60(63)66-57-58(56-65-59(62)53-50-47-44-41-21-18-15-12-9-6-3)67-61(64)55-52-49-46-43-39-23-20-17-14-11-8-5-2/h7,10,16-17,19-20,24-25,27-28,58H,4-6,8-9,11-15,18,21-23,26,29-57H2,1-3H3/b10-7-,19-16-,20-17-,25-24-,28-27-. The highest BCUT2D eigenvalue weighted by molar-refractivity contribution is 5.71. The topological polar surface area (TPSA) is 78.9 Å². The number of hydrogen-bond acceptors (Lipinski definition) is 6. The Kier molecular flexibility index (Phi) is 53.3. The molecule has 0 aromatic heterocycles. The molecule has 0 aliphatic carbocycles. The summed E-state index contributed by atoms with van der Waals surface area (Å²) in [5.41, 5.74) is 0. The molecule has 0 spiro atoms. The van der Waals surface area contributed by atoms with Crippen LogP contribution in [0.15, 0.2) is 60.8 Å². The smallest absolute Gasteiger partial charge is 0.306 e. The van der Waals surface area contributed by atoms with Crippen LogP contribution in [0.1, 0.15) is 290 Å². The van der Waals surface area contributed by atoms with Crippen LogP contribution in [-0.2, 0) is 28.6 Å².